The molecule has 1 aliphatic carbocycles. The summed E-state index contributed by atoms with van der Waals surface area (Å²) < 4.78 is 4.20. The number of amides is 1. The van der Waals surface area contributed by atoms with E-state index < -0.39 is 11.2 Å². The molecule has 0 saturated carbocycles. The molecule has 0 radical (unpaired) electrons. The van der Waals surface area contributed by atoms with Crippen molar-refractivity contribution in [3.8, 4) is 0 Å². The lowest BCUT2D eigenvalue weighted by molar-refractivity contribution is -0.122. The molecule has 0 unspecified atom stereocenters. The van der Waals surface area contributed by atoms with Crippen LogP contribution >= 0.6 is 0 Å². The van der Waals surface area contributed by atoms with Gasteiger partial charge in [0, 0.05) is 6.54 Å². The Kier molecular flexibility index (Phi) is 6.59. The van der Waals surface area contributed by atoms with Crippen molar-refractivity contribution in [2.75, 3.05) is 0 Å². The Bertz CT molecular complexity index is 1530. The maximum Gasteiger partial charge on any atom is 0.333 e. The van der Waals surface area contributed by atoms with E-state index in [9.17, 15) is 14.4 Å². The smallest absolute Gasteiger partial charge is 0.333 e. The number of imidazole rings is 1. The highest BCUT2D eigenvalue weighted by molar-refractivity contribution is 5.77. The van der Waals surface area contributed by atoms with Crippen molar-refractivity contribution in [1.29, 1.82) is 0 Å². The molecule has 1 aliphatic rings. The first kappa shape index (κ1) is 23.8. The average Bonchev–Trinajstić information content (AvgIpc) is 3.33. The van der Waals surface area contributed by atoms with E-state index in [4.69, 9.17) is 0 Å². The topological polar surface area (TPSA) is 90.9 Å². The van der Waals surface area contributed by atoms with Gasteiger partial charge in [0.1, 0.15) is 6.54 Å². The van der Waals surface area contributed by atoms with Crippen LogP contribution in [0.4, 0.5) is 0 Å². The number of hydrogen-bond donors (Lipinski definition) is 1. The molecular weight excluding hydrogens is 454 g/mol. The molecule has 36 heavy (non-hydrogen) atoms. The van der Waals surface area contributed by atoms with Gasteiger partial charge in [0.15, 0.2) is 11.2 Å². The van der Waals surface area contributed by atoms with Crippen LogP contribution in [-0.4, -0.2) is 24.6 Å². The number of aromatic nitrogens is 4. The standard InChI is InChI=1S/C28H31N5O3/c1-3-31-18-29-26-25(31)27(35)33(28(36)32(26)16-20-9-5-4-6-10-20)17-24(34)30-19(2)22-14-13-21-11-7-8-12-23(21)15-22/h4-6,9-10,13-15,18-19H,3,7-8,11-12,16-17H2,1-2H3,(H,30,34)/t19-/m1/s1. The molecule has 4 aromatic rings. The van der Waals surface area contributed by atoms with E-state index in [-0.39, 0.29) is 25.0 Å². The number of rotatable bonds is 7. The van der Waals surface area contributed by atoms with Gasteiger partial charge in [0.2, 0.25) is 5.91 Å². The molecule has 0 fully saturated rings. The molecule has 5 rings (SSSR count). The van der Waals surface area contributed by atoms with Crippen LogP contribution in [0.25, 0.3) is 11.2 Å². The minimum atomic E-state index is -0.547. The Hall–Kier alpha value is -3.94. The van der Waals surface area contributed by atoms with Gasteiger partial charge in [-0.1, -0.05) is 48.5 Å². The minimum Gasteiger partial charge on any atom is -0.348 e. The molecule has 0 bridgehead atoms. The maximum atomic E-state index is 13.5. The summed E-state index contributed by atoms with van der Waals surface area (Å²) in [6.07, 6.45) is 6.13. The lowest BCUT2D eigenvalue weighted by Crippen LogP contribution is -2.44. The van der Waals surface area contributed by atoms with Gasteiger partial charge in [-0.15, -0.1) is 0 Å². The van der Waals surface area contributed by atoms with Crippen molar-refractivity contribution in [2.24, 2.45) is 0 Å². The molecule has 0 spiro atoms. The molecule has 2 heterocycles. The highest BCUT2D eigenvalue weighted by Gasteiger charge is 2.21. The van der Waals surface area contributed by atoms with Crippen molar-refractivity contribution in [1.82, 2.24) is 24.0 Å². The summed E-state index contributed by atoms with van der Waals surface area (Å²) in [7, 11) is 0. The zero-order valence-electron chi connectivity index (χ0n) is 20.7. The summed E-state index contributed by atoms with van der Waals surface area (Å²) in [4.78, 5) is 44.2. The number of hydrogen-bond acceptors (Lipinski definition) is 4. The van der Waals surface area contributed by atoms with Crippen LogP contribution < -0.4 is 16.6 Å². The molecule has 2 aromatic carbocycles. The monoisotopic (exact) mass is 485 g/mol. The summed E-state index contributed by atoms with van der Waals surface area (Å²) in [6, 6.07) is 15.7. The molecule has 1 amide bonds. The number of aryl methyl sites for hydroxylation is 3. The Morgan fingerprint density at radius 2 is 1.78 bits per heavy atom. The fourth-order valence-corrected chi connectivity index (χ4v) is 5.06. The van der Waals surface area contributed by atoms with Crippen LogP contribution in [-0.2, 0) is 37.3 Å². The predicted octanol–water partition coefficient (Wildman–Crippen LogP) is 3.18. The molecule has 1 atom stereocenters. The predicted molar refractivity (Wildman–Crippen MR) is 139 cm³/mol. The molecule has 186 valence electrons. The van der Waals surface area contributed by atoms with Gasteiger partial charge in [-0.2, -0.15) is 0 Å². The highest BCUT2D eigenvalue weighted by atomic mass is 16.2. The van der Waals surface area contributed by atoms with Gasteiger partial charge < -0.3 is 9.88 Å². The lowest BCUT2D eigenvalue weighted by Gasteiger charge is -2.20. The minimum absolute atomic E-state index is 0.239. The third-order valence-corrected chi connectivity index (χ3v) is 7.06. The quantitative estimate of drug-likeness (QED) is 0.435. The maximum absolute atomic E-state index is 13.5. The van der Waals surface area contributed by atoms with Crippen LogP contribution in [0.2, 0.25) is 0 Å². The van der Waals surface area contributed by atoms with Gasteiger partial charge in [0.25, 0.3) is 5.56 Å². The number of carbonyl (C=O) groups is 1. The first-order valence-corrected chi connectivity index (χ1v) is 12.6. The Balaban J connectivity index is 1.45. The van der Waals surface area contributed by atoms with E-state index in [1.807, 2.05) is 44.2 Å². The SMILES string of the molecule is CCn1cnc2c1c(=O)n(CC(=O)N[C@H](C)c1ccc3c(c1)CCCC3)c(=O)n2Cc1ccccc1. The van der Waals surface area contributed by atoms with Gasteiger partial charge >= 0.3 is 5.69 Å². The fourth-order valence-electron chi connectivity index (χ4n) is 5.06. The third-order valence-electron chi connectivity index (χ3n) is 7.06. The highest BCUT2D eigenvalue weighted by Crippen LogP contribution is 2.24. The van der Waals surface area contributed by atoms with E-state index in [1.54, 1.807) is 10.9 Å². The largest absolute Gasteiger partial charge is 0.348 e. The van der Waals surface area contributed by atoms with E-state index in [2.05, 4.69) is 28.5 Å². The van der Waals surface area contributed by atoms with Gasteiger partial charge in [-0.25, -0.2) is 14.3 Å². The fraction of sp³-hybridized carbons (Fsp3) is 0.357. The second-order valence-electron chi connectivity index (χ2n) is 9.47. The number of fused-ring (bicyclic) bond motifs is 2. The van der Waals surface area contributed by atoms with Crippen LogP contribution in [0.15, 0.2) is 64.4 Å². The number of nitrogens with one attached hydrogen (secondary N) is 1. The zero-order valence-corrected chi connectivity index (χ0v) is 20.7. The van der Waals surface area contributed by atoms with Gasteiger partial charge in [0.05, 0.1) is 18.9 Å². The Labute approximate surface area is 209 Å². The summed E-state index contributed by atoms with van der Waals surface area (Å²) >= 11 is 0. The van der Waals surface area contributed by atoms with Gasteiger partial charge in [-0.3, -0.25) is 14.2 Å². The first-order valence-electron chi connectivity index (χ1n) is 12.6. The van der Waals surface area contributed by atoms with Crippen LogP contribution in [0, 0.1) is 0 Å². The third kappa shape index (κ3) is 4.51. The molecule has 0 saturated heterocycles. The number of benzene rings is 2. The molecule has 8 heteroatoms. The summed E-state index contributed by atoms with van der Waals surface area (Å²) in [5, 5.41) is 2.98. The van der Waals surface area contributed by atoms with E-state index in [1.165, 1.54) is 28.5 Å². The van der Waals surface area contributed by atoms with Crippen LogP contribution in [0.1, 0.15) is 55.0 Å². The Morgan fingerprint density at radius 1 is 1.03 bits per heavy atom. The normalized spacial score (nSPS) is 13.9. The van der Waals surface area contributed by atoms with E-state index in [0.29, 0.717) is 17.7 Å². The van der Waals surface area contributed by atoms with Crippen LogP contribution in [0.5, 0.6) is 0 Å². The van der Waals surface area contributed by atoms with Crippen LogP contribution in [0.3, 0.4) is 0 Å². The van der Waals surface area contributed by atoms with E-state index in [0.717, 1.165) is 28.5 Å². The van der Waals surface area contributed by atoms with Crippen molar-refractivity contribution >= 4 is 17.1 Å². The molecule has 8 nitrogen and oxygen atoms in total. The first-order chi connectivity index (χ1) is 17.5. The van der Waals surface area contributed by atoms with Crippen molar-refractivity contribution in [2.45, 2.75) is 65.2 Å². The number of nitrogens with zero attached hydrogens (tertiary/aromatic N) is 4. The average molecular weight is 486 g/mol. The molecule has 2 aromatic heterocycles. The second-order valence-corrected chi connectivity index (χ2v) is 9.47. The van der Waals surface area contributed by atoms with Crippen molar-refractivity contribution in [3.63, 3.8) is 0 Å². The molecule has 0 aliphatic heterocycles. The second kappa shape index (κ2) is 9.97. The summed E-state index contributed by atoms with van der Waals surface area (Å²) in [5.74, 6) is -0.382. The summed E-state index contributed by atoms with van der Waals surface area (Å²) in [6.45, 7) is 4.26. The summed E-state index contributed by atoms with van der Waals surface area (Å²) in [5.41, 5.74) is 4.26. The van der Waals surface area contributed by atoms with E-state index >= 15 is 0 Å². The lowest BCUT2D eigenvalue weighted by atomic mass is 9.89. The number of carbonyl (C=O) groups excluding carboxylic acids is 1. The van der Waals surface area contributed by atoms with Crippen molar-refractivity contribution < 1.29 is 4.79 Å². The zero-order chi connectivity index (χ0) is 25.2. The molecule has 1 N–H and O–H groups in total. The van der Waals surface area contributed by atoms with Gasteiger partial charge in [-0.05, 0) is 61.8 Å². The van der Waals surface area contributed by atoms with Crippen molar-refractivity contribution in [3.05, 3.63) is 98.0 Å². The molecular formula is C28H31N5O3. The Morgan fingerprint density at radius 3 is 2.53 bits per heavy atom.